The van der Waals surface area contributed by atoms with Crippen LogP contribution < -0.4 is 5.69 Å². The number of halogens is 3. The number of hydrogen-bond acceptors (Lipinski definition) is 5. The van der Waals surface area contributed by atoms with Gasteiger partial charge < -0.3 is 10.1 Å². The van der Waals surface area contributed by atoms with Gasteiger partial charge in [-0.15, -0.1) is 24.8 Å². The van der Waals surface area contributed by atoms with Crippen LogP contribution in [0.1, 0.15) is 19.4 Å². The number of nitrogens with one attached hydrogen (secondary N) is 1. The molecular formula is C16H15Cl2FN6O3. The minimum absolute atomic E-state index is 0. The summed E-state index contributed by atoms with van der Waals surface area (Å²) in [4.78, 5) is 38.6. The quantitative estimate of drug-likeness (QED) is 0.515. The maximum atomic E-state index is 13.6. The highest BCUT2D eigenvalue weighted by atomic mass is 35.5. The largest absolute Gasteiger partial charge is 0.481 e. The minimum Gasteiger partial charge on any atom is -0.481 e. The number of carbonyl (C=O) groups is 1. The van der Waals surface area contributed by atoms with Gasteiger partial charge in [-0.2, -0.15) is 0 Å². The average molecular weight is 429 g/mol. The fourth-order valence-electron chi connectivity index (χ4n) is 2.91. The molecule has 0 aliphatic carbocycles. The molecule has 0 fully saturated rings. The number of aromatic nitrogens is 6. The van der Waals surface area contributed by atoms with E-state index in [0.717, 1.165) is 0 Å². The molecule has 0 amide bonds. The summed E-state index contributed by atoms with van der Waals surface area (Å²) in [5.74, 6) is -1.22. The number of rotatable bonds is 4. The van der Waals surface area contributed by atoms with E-state index in [1.165, 1.54) is 39.7 Å². The number of aromatic amines is 1. The van der Waals surface area contributed by atoms with Crippen molar-refractivity contribution in [1.29, 1.82) is 0 Å². The summed E-state index contributed by atoms with van der Waals surface area (Å²) in [7, 11) is 0. The Morgan fingerprint density at radius 3 is 2.75 bits per heavy atom. The zero-order chi connectivity index (χ0) is 18.4. The van der Waals surface area contributed by atoms with Crippen molar-refractivity contribution in [2.75, 3.05) is 0 Å². The molecular weight excluding hydrogens is 414 g/mol. The minimum atomic E-state index is -1.02. The van der Waals surface area contributed by atoms with Crippen LogP contribution in [0.2, 0.25) is 0 Å². The molecule has 28 heavy (non-hydrogen) atoms. The molecule has 0 bridgehead atoms. The van der Waals surface area contributed by atoms with Gasteiger partial charge in [-0.05, 0) is 19.1 Å². The molecule has 4 aromatic rings. The van der Waals surface area contributed by atoms with Crippen molar-refractivity contribution in [3.63, 3.8) is 0 Å². The lowest BCUT2D eigenvalue weighted by Gasteiger charge is -2.10. The second-order valence-corrected chi connectivity index (χ2v) is 5.90. The Labute approximate surface area is 169 Å². The monoisotopic (exact) mass is 428 g/mol. The maximum Gasteiger partial charge on any atom is 0.327 e. The molecule has 12 heteroatoms. The Bertz CT molecular complexity index is 1220. The van der Waals surface area contributed by atoms with Crippen LogP contribution in [0.3, 0.4) is 0 Å². The van der Waals surface area contributed by atoms with E-state index in [2.05, 4.69) is 19.9 Å². The van der Waals surface area contributed by atoms with E-state index >= 15 is 0 Å². The molecule has 0 unspecified atom stereocenters. The van der Waals surface area contributed by atoms with Crippen LogP contribution in [0.5, 0.6) is 0 Å². The number of imidazole rings is 2. The first kappa shape index (κ1) is 21.3. The summed E-state index contributed by atoms with van der Waals surface area (Å²) in [5.41, 5.74) is 1.17. The Morgan fingerprint density at radius 2 is 2.04 bits per heavy atom. The summed E-state index contributed by atoms with van der Waals surface area (Å²) in [6, 6.07) is 2.22. The Morgan fingerprint density at radius 1 is 1.29 bits per heavy atom. The fourth-order valence-corrected chi connectivity index (χ4v) is 2.91. The van der Waals surface area contributed by atoms with Gasteiger partial charge in [0.05, 0.1) is 18.8 Å². The van der Waals surface area contributed by atoms with Gasteiger partial charge in [-0.25, -0.2) is 24.1 Å². The highest BCUT2D eigenvalue weighted by Gasteiger charge is 2.19. The molecule has 0 aliphatic heterocycles. The molecule has 9 nitrogen and oxygen atoms in total. The topological polar surface area (TPSA) is 118 Å². The average Bonchev–Trinajstić information content (AvgIpc) is 3.12. The van der Waals surface area contributed by atoms with Crippen LogP contribution in [0.15, 0.2) is 35.5 Å². The Hall–Kier alpha value is -2.98. The van der Waals surface area contributed by atoms with Crippen molar-refractivity contribution in [2.45, 2.75) is 19.4 Å². The van der Waals surface area contributed by atoms with E-state index in [9.17, 15) is 14.0 Å². The SMILES string of the molecule is C[C@H](CC(=O)O)n1c(=O)[nH]c2cnc(-c3cnc4ccc(F)cn34)nc21.Cl.Cl. The van der Waals surface area contributed by atoms with E-state index in [4.69, 9.17) is 5.11 Å². The molecule has 4 heterocycles. The standard InChI is InChI=1S/C16H13FN6O3.2ClH/c1-8(4-13(24)25)23-15-10(20-16(23)26)5-19-14(21-15)11-6-18-12-3-2-9(17)7-22(11)12;;/h2-3,5-8H,4H2,1H3,(H,20,26)(H,24,25);2*1H/t8-;;/m1../s1. The van der Waals surface area contributed by atoms with Crippen molar-refractivity contribution in [2.24, 2.45) is 0 Å². The van der Waals surface area contributed by atoms with Gasteiger partial charge in [0, 0.05) is 12.2 Å². The molecule has 0 spiro atoms. The summed E-state index contributed by atoms with van der Waals surface area (Å²) >= 11 is 0. The number of pyridine rings is 1. The highest BCUT2D eigenvalue weighted by molar-refractivity contribution is 5.85. The predicted octanol–water partition coefficient (Wildman–Crippen LogP) is 2.45. The van der Waals surface area contributed by atoms with Crippen LogP contribution in [-0.4, -0.2) is 40.0 Å². The third-order valence-corrected chi connectivity index (χ3v) is 4.07. The molecule has 2 N–H and O–H groups in total. The number of aliphatic carboxylic acids is 1. The lowest BCUT2D eigenvalue weighted by atomic mass is 10.2. The molecule has 4 aromatic heterocycles. The molecule has 0 saturated heterocycles. The van der Waals surface area contributed by atoms with Gasteiger partial charge in [0.1, 0.15) is 22.7 Å². The summed E-state index contributed by atoms with van der Waals surface area (Å²) in [6.45, 7) is 1.62. The number of hydrogen-bond donors (Lipinski definition) is 2. The van der Waals surface area contributed by atoms with E-state index in [0.29, 0.717) is 16.9 Å². The van der Waals surface area contributed by atoms with E-state index in [-0.39, 0.29) is 42.7 Å². The summed E-state index contributed by atoms with van der Waals surface area (Å²) in [6.07, 6.45) is 3.98. The Kier molecular flexibility index (Phi) is 6.05. The maximum absolute atomic E-state index is 13.6. The first-order chi connectivity index (χ1) is 12.4. The van der Waals surface area contributed by atoms with Crippen molar-refractivity contribution in [1.82, 2.24) is 28.9 Å². The normalized spacial score (nSPS) is 11.8. The van der Waals surface area contributed by atoms with Crippen molar-refractivity contribution in [3.8, 4) is 11.5 Å². The summed E-state index contributed by atoms with van der Waals surface area (Å²) in [5, 5.41) is 8.99. The van der Waals surface area contributed by atoms with Gasteiger partial charge >= 0.3 is 11.7 Å². The van der Waals surface area contributed by atoms with Crippen LogP contribution >= 0.6 is 24.8 Å². The number of H-pyrrole nitrogens is 1. The second kappa shape index (κ2) is 7.95. The molecule has 1 atom stereocenters. The van der Waals surface area contributed by atoms with Crippen LogP contribution in [0, 0.1) is 5.82 Å². The molecule has 148 valence electrons. The zero-order valence-corrected chi connectivity index (χ0v) is 16.0. The van der Waals surface area contributed by atoms with Gasteiger partial charge in [0.15, 0.2) is 11.5 Å². The van der Waals surface area contributed by atoms with E-state index in [1.54, 1.807) is 6.92 Å². The van der Waals surface area contributed by atoms with Gasteiger partial charge in [-0.3, -0.25) is 13.8 Å². The number of fused-ring (bicyclic) bond motifs is 2. The van der Waals surface area contributed by atoms with Gasteiger partial charge in [0.2, 0.25) is 0 Å². The predicted molar refractivity (Wildman–Crippen MR) is 104 cm³/mol. The third-order valence-electron chi connectivity index (χ3n) is 4.07. The second-order valence-electron chi connectivity index (χ2n) is 5.90. The zero-order valence-electron chi connectivity index (χ0n) is 14.4. The number of carboxylic acid groups (broad SMARTS) is 1. The number of carboxylic acids is 1. The lowest BCUT2D eigenvalue weighted by molar-refractivity contribution is -0.137. The molecule has 0 aromatic carbocycles. The Balaban J connectivity index is 0.00000140. The first-order valence-corrected chi connectivity index (χ1v) is 7.76. The third kappa shape index (κ3) is 3.56. The fraction of sp³-hybridized carbons (Fsp3) is 0.188. The van der Waals surface area contributed by atoms with E-state index in [1.807, 2.05) is 0 Å². The number of nitrogens with zero attached hydrogens (tertiary/aromatic N) is 5. The van der Waals surface area contributed by atoms with Crippen LogP contribution in [0.4, 0.5) is 4.39 Å². The molecule has 0 saturated carbocycles. The van der Waals surface area contributed by atoms with Gasteiger partial charge in [-0.1, -0.05) is 0 Å². The summed E-state index contributed by atoms with van der Waals surface area (Å²) < 4.78 is 16.3. The smallest absolute Gasteiger partial charge is 0.327 e. The lowest BCUT2D eigenvalue weighted by Crippen LogP contribution is -2.22. The van der Waals surface area contributed by atoms with Crippen LogP contribution in [0.25, 0.3) is 28.3 Å². The molecule has 4 rings (SSSR count). The van der Waals surface area contributed by atoms with E-state index < -0.39 is 23.5 Å². The molecule has 0 radical (unpaired) electrons. The highest BCUT2D eigenvalue weighted by Crippen LogP contribution is 2.21. The van der Waals surface area contributed by atoms with Crippen LogP contribution in [-0.2, 0) is 4.79 Å². The first-order valence-electron chi connectivity index (χ1n) is 7.76. The van der Waals surface area contributed by atoms with Crippen molar-refractivity contribution < 1.29 is 14.3 Å². The van der Waals surface area contributed by atoms with Gasteiger partial charge in [0.25, 0.3) is 0 Å². The molecule has 0 aliphatic rings. The van der Waals surface area contributed by atoms with Crippen molar-refractivity contribution >= 4 is 47.6 Å². The van der Waals surface area contributed by atoms with Crippen molar-refractivity contribution in [3.05, 3.63) is 47.0 Å².